The van der Waals surface area contributed by atoms with Gasteiger partial charge in [0.15, 0.2) is 0 Å². The summed E-state index contributed by atoms with van der Waals surface area (Å²) in [5.41, 5.74) is 2.30. The first-order valence-electron chi connectivity index (χ1n) is 5.13. The van der Waals surface area contributed by atoms with Crippen LogP contribution in [0.2, 0.25) is 10.0 Å². The van der Waals surface area contributed by atoms with Gasteiger partial charge < -0.3 is 5.11 Å². The molecule has 88 valence electrons. The fraction of sp³-hybridized carbons (Fsp3) is 0.154. The molecule has 1 atom stereocenters. The maximum atomic E-state index is 10.3. The summed E-state index contributed by atoms with van der Waals surface area (Å²) in [7, 11) is 0. The maximum absolute atomic E-state index is 10.3. The molecule has 0 saturated heterocycles. The minimum absolute atomic E-state index is 0.498. The third kappa shape index (κ3) is 2.60. The Morgan fingerprint density at radius 2 is 1.94 bits per heavy atom. The zero-order valence-corrected chi connectivity index (χ0v) is 10.7. The van der Waals surface area contributed by atoms with Gasteiger partial charge in [-0.3, -0.25) is 4.98 Å². The zero-order chi connectivity index (χ0) is 12.4. The standard InChI is InChI=1S/C13H11Cl2NO/c1-8-7-16-5-4-10(8)13(17)11-6-9(14)2-3-12(11)15/h2-7,13,17H,1H3. The lowest BCUT2D eigenvalue weighted by Crippen LogP contribution is -2.03. The topological polar surface area (TPSA) is 33.1 Å². The minimum atomic E-state index is -0.788. The number of hydrogen-bond donors (Lipinski definition) is 1. The number of rotatable bonds is 2. The van der Waals surface area contributed by atoms with Gasteiger partial charge in [-0.25, -0.2) is 0 Å². The maximum Gasteiger partial charge on any atom is 0.106 e. The molecule has 1 heterocycles. The number of pyridine rings is 1. The number of aliphatic hydroxyl groups is 1. The van der Waals surface area contributed by atoms with Crippen LogP contribution in [-0.4, -0.2) is 10.1 Å². The molecular formula is C13H11Cl2NO. The van der Waals surface area contributed by atoms with Crippen molar-refractivity contribution in [1.29, 1.82) is 0 Å². The van der Waals surface area contributed by atoms with Gasteiger partial charge in [0.05, 0.1) is 0 Å². The molecule has 2 rings (SSSR count). The van der Waals surface area contributed by atoms with E-state index in [9.17, 15) is 5.11 Å². The van der Waals surface area contributed by atoms with Crippen LogP contribution < -0.4 is 0 Å². The van der Waals surface area contributed by atoms with Crippen molar-refractivity contribution in [3.63, 3.8) is 0 Å². The lowest BCUT2D eigenvalue weighted by atomic mass is 9.99. The van der Waals surface area contributed by atoms with Crippen LogP contribution >= 0.6 is 23.2 Å². The summed E-state index contributed by atoms with van der Waals surface area (Å²) in [5, 5.41) is 11.4. The molecule has 0 aliphatic heterocycles. The van der Waals surface area contributed by atoms with E-state index in [1.165, 1.54) is 0 Å². The van der Waals surface area contributed by atoms with Crippen LogP contribution in [0.4, 0.5) is 0 Å². The van der Waals surface area contributed by atoms with E-state index in [1.807, 2.05) is 6.92 Å². The van der Waals surface area contributed by atoms with Gasteiger partial charge in [-0.1, -0.05) is 23.2 Å². The molecule has 4 heteroatoms. The van der Waals surface area contributed by atoms with Gasteiger partial charge in [-0.05, 0) is 42.3 Å². The third-order valence-corrected chi connectivity index (χ3v) is 3.19. The molecule has 17 heavy (non-hydrogen) atoms. The highest BCUT2D eigenvalue weighted by molar-refractivity contribution is 6.33. The Morgan fingerprint density at radius 1 is 1.18 bits per heavy atom. The molecule has 2 aromatic rings. The molecule has 1 N–H and O–H groups in total. The highest BCUT2D eigenvalue weighted by Gasteiger charge is 2.16. The molecule has 0 radical (unpaired) electrons. The lowest BCUT2D eigenvalue weighted by molar-refractivity contribution is 0.219. The van der Waals surface area contributed by atoms with Crippen LogP contribution in [0.5, 0.6) is 0 Å². The van der Waals surface area contributed by atoms with Crippen molar-refractivity contribution in [2.75, 3.05) is 0 Å². The van der Waals surface area contributed by atoms with Crippen molar-refractivity contribution in [1.82, 2.24) is 4.98 Å². The number of aromatic nitrogens is 1. The molecule has 0 aliphatic rings. The summed E-state index contributed by atoms with van der Waals surface area (Å²) < 4.78 is 0. The molecule has 2 nitrogen and oxygen atoms in total. The van der Waals surface area contributed by atoms with Crippen molar-refractivity contribution in [2.24, 2.45) is 0 Å². The predicted octanol–water partition coefficient (Wildman–Crippen LogP) is 3.78. The zero-order valence-electron chi connectivity index (χ0n) is 9.19. The number of aliphatic hydroxyl groups excluding tert-OH is 1. The predicted molar refractivity (Wildman–Crippen MR) is 69.5 cm³/mol. The van der Waals surface area contributed by atoms with E-state index in [-0.39, 0.29) is 0 Å². The van der Waals surface area contributed by atoms with Crippen LogP contribution in [0.15, 0.2) is 36.7 Å². The first-order valence-corrected chi connectivity index (χ1v) is 5.88. The second kappa shape index (κ2) is 5.05. The molecule has 0 amide bonds. The number of aryl methyl sites for hydroxylation is 1. The first-order chi connectivity index (χ1) is 8.09. The van der Waals surface area contributed by atoms with Crippen molar-refractivity contribution in [2.45, 2.75) is 13.0 Å². The second-order valence-electron chi connectivity index (χ2n) is 3.80. The van der Waals surface area contributed by atoms with E-state index in [0.29, 0.717) is 15.6 Å². The lowest BCUT2D eigenvalue weighted by Gasteiger charge is -2.15. The smallest absolute Gasteiger partial charge is 0.106 e. The Kier molecular flexibility index (Phi) is 3.67. The van der Waals surface area contributed by atoms with Gasteiger partial charge in [-0.15, -0.1) is 0 Å². The van der Waals surface area contributed by atoms with Crippen molar-refractivity contribution < 1.29 is 5.11 Å². The van der Waals surface area contributed by atoms with Crippen molar-refractivity contribution in [3.8, 4) is 0 Å². The van der Waals surface area contributed by atoms with E-state index in [2.05, 4.69) is 4.98 Å². The van der Waals surface area contributed by atoms with Gasteiger partial charge in [0.25, 0.3) is 0 Å². The third-order valence-electron chi connectivity index (χ3n) is 2.61. The molecule has 0 fully saturated rings. The summed E-state index contributed by atoms with van der Waals surface area (Å²) in [6.45, 7) is 1.89. The highest BCUT2D eigenvalue weighted by atomic mass is 35.5. The summed E-state index contributed by atoms with van der Waals surface area (Å²) in [6, 6.07) is 6.82. The molecule has 0 saturated carbocycles. The van der Waals surface area contributed by atoms with Crippen LogP contribution in [0.3, 0.4) is 0 Å². The molecule has 0 bridgehead atoms. The number of benzene rings is 1. The fourth-order valence-electron chi connectivity index (χ4n) is 1.68. The Hall–Kier alpha value is -1.09. The molecule has 1 unspecified atom stereocenters. The van der Waals surface area contributed by atoms with Gasteiger partial charge in [-0.2, -0.15) is 0 Å². The van der Waals surface area contributed by atoms with Crippen molar-refractivity contribution in [3.05, 3.63) is 63.4 Å². The summed E-state index contributed by atoms with van der Waals surface area (Å²) in [4.78, 5) is 3.99. The Balaban J connectivity index is 2.47. The van der Waals surface area contributed by atoms with Gasteiger partial charge in [0.2, 0.25) is 0 Å². The van der Waals surface area contributed by atoms with E-state index in [1.54, 1.807) is 36.7 Å². The summed E-state index contributed by atoms with van der Waals surface area (Å²) in [5.74, 6) is 0. The Bertz CT molecular complexity index is 543. The van der Waals surface area contributed by atoms with E-state index in [0.717, 1.165) is 11.1 Å². The highest BCUT2D eigenvalue weighted by Crippen LogP contribution is 2.31. The number of nitrogens with zero attached hydrogens (tertiary/aromatic N) is 1. The van der Waals surface area contributed by atoms with E-state index in [4.69, 9.17) is 23.2 Å². The monoisotopic (exact) mass is 267 g/mol. The first kappa shape index (κ1) is 12.4. The largest absolute Gasteiger partial charge is 0.384 e. The molecule has 1 aromatic heterocycles. The average Bonchev–Trinajstić information content (AvgIpc) is 2.32. The molecular weight excluding hydrogens is 257 g/mol. The van der Waals surface area contributed by atoms with Crippen molar-refractivity contribution >= 4 is 23.2 Å². The second-order valence-corrected chi connectivity index (χ2v) is 4.64. The Morgan fingerprint density at radius 3 is 2.65 bits per heavy atom. The van der Waals surface area contributed by atoms with Gasteiger partial charge in [0, 0.05) is 28.0 Å². The molecule has 0 spiro atoms. The van der Waals surface area contributed by atoms with E-state index < -0.39 is 6.10 Å². The van der Waals surface area contributed by atoms with Crippen LogP contribution in [0.1, 0.15) is 22.8 Å². The van der Waals surface area contributed by atoms with Crippen LogP contribution in [0.25, 0.3) is 0 Å². The minimum Gasteiger partial charge on any atom is -0.384 e. The SMILES string of the molecule is Cc1cnccc1C(O)c1cc(Cl)ccc1Cl. The molecule has 0 aliphatic carbocycles. The number of hydrogen-bond acceptors (Lipinski definition) is 2. The average molecular weight is 268 g/mol. The van der Waals surface area contributed by atoms with E-state index >= 15 is 0 Å². The Labute approximate surface area is 110 Å². The van der Waals surface area contributed by atoms with Crippen LogP contribution in [-0.2, 0) is 0 Å². The quantitative estimate of drug-likeness (QED) is 0.899. The number of halogens is 2. The summed E-state index contributed by atoms with van der Waals surface area (Å²) in [6.07, 6.45) is 2.56. The normalized spacial score (nSPS) is 12.5. The molecule has 1 aromatic carbocycles. The fourth-order valence-corrected chi connectivity index (χ4v) is 2.08. The summed E-state index contributed by atoms with van der Waals surface area (Å²) >= 11 is 12.0. The van der Waals surface area contributed by atoms with Gasteiger partial charge >= 0.3 is 0 Å². The van der Waals surface area contributed by atoms with Crippen LogP contribution in [0, 0.1) is 6.92 Å². The van der Waals surface area contributed by atoms with Gasteiger partial charge in [0.1, 0.15) is 6.10 Å².